The van der Waals surface area contributed by atoms with Crippen LogP contribution in [0.4, 0.5) is 5.69 Å². The minimum atomic E-state index is -0.112. The van der Waals surface area contributed by atoms with Gasteiger partial charge in [-0.3, -0.25) is 4.79 Å². The summed E-state index contributed by atoms with van der Waals surface area (Å²) in [5.41, 5.74) is 0.930. The van der Waals surface area contributed by atoms with E-state index in [1.54, 1.807) is 4.90 Å². The zero-order valence-electron chi connectivity index (χ0n) is 9.34. The summed E-state index contributed by atoms with van der Waals surface area (Å²) in [4.78, 5) is 13.8. The highest BCUT2D eigenvalue weighted by molar-refractivity contribution is 5.96. The van der Waals surface area contributed by atoms with E-state index in [2.05, 4.69) is 0 Å². The highest BCUT2D eigenvalue weighted by Crippen LogP contribution is 2.17. The first-order valence-corrected chi connectivity index (χ1v) is 5.45. The Morgan fingerprint density at radius 1 is 1.19 bits per heavy atom. The predicted molar refractivity (Wildman–Crippen MR) is 66.2 cm³/mol. The van der Waals surface area contributed by atoms with Gasteiger partial charge in [0.05, 0.1) is 5.92 Å². The lowest BCUT2D eigenvalue weighted by atomic mass is 10.0. The van der Waals surface area contributed by atoms with Gasteiger partial charge >= 0.3 is 0 Å². The van der Waals surface area contributed by atoms with E-state index >= 15 is 0 Å². The number of hydrogen-bond donors (Lipinski definition) is 0. The van der Waals surface area contributed by atoms with Crippen molar-refractivity contribution < 1.29 is 4.79 Å². The van der Waals surface area contributed by atoms with Crippen molar-refractivity contribution in [3.05, 3.63) is 54.6 Å². The third-order valence-electron chi connectivity index (χ3n) is 2.72. The van der Waals surface area contributed by atoms with E-state index in [4.69, 9.17) is 0 Å². The molecule has 0 radical (unpaired) electrons. The van der Waals surface area contributed by atoms with Crippen LogP contribution in [0.5, 0.6) is 0 Å². The first kappa shape index (κ1) is 10.7. The molecule has 1 aliphatic carbocycles. The van der Waals surface area contributed by atoms with Gasteiger partial charge in [-0.05, 0) is 18.6 Å². The molecular formula is C14H15NO. The molecule has 2 rings (SSSR count). The zero-order chi connectivity index (χ0) is 11.4. The van der Waals surface area contributed by atoms with Gasteiger partial charge in [-0.2, -0.15) is 0 Å². The minimum Gasteiger partial charge on any atom is -0.315 e. The summed E-state index contributed by atoms with van der Waals surface area (Å²) >= 11 is 0. The molecule has 0 saturated carbocycles. The van der Waals surface area contributed by atoms with Gasteiger partial charge in [0, 0.05) is 12.7 Å². The summed E-state index contributed by atoms with van der Waals surface area (Å²) in [6.45, 7) is 0. The average molecular weight is 213 g/mol. The van der Waals surface area contributed by atoms with Crippen molar-refractivity contribution in [2.24, 2.45) is 5.92 Å². The van der Waals surface area contributed by atoms with Gasteiger partial charge in [0.2, 0.25) is 5.91 Å². The van der Waals surface area contributed by atoms with E-state index in [9.17, 15) is 4.79 Å². The molecule has 0 fully saturated rings. The van der Waals surface area contributed by atoms with Crippen molar-refractivity contribution in [1.29, 1.82) is 0 Å². The third kappa shape index (κ3) is 2.22. The van der Waals surface area contributed by atoms with Gasteiger partial charge < -0.3 is 4.90 Å². The Kier molecular flexibility index (Phi) is 3.20. The first-order valence-electron chi connectivity index (χ1n) is 5.45. The maximum absolute atomic E-state index is 12.1. The van der Waals surface area contributed by atoms with Crippen LogP contribution in [-0.4, -0.2) is 13.0 Å². The van der Waals surface area contributed by atoms with Crippen molar-refractivity contribution in [1.82, 2.24) is 0 Å². The Morgan fingerprint density at radius 3 is 2.44 bits per heavy atom. The van der Waals surface area contributed by atoms with Crippen molar-refractivity contribution in [2.75, 3.05) is 11.9 Å². The molecule has 0 aromatic heterocycles. The molecule has 1 aromatic rings. The molecule has 0 unspecified atom stereocenters. The Bertz CT molecular complexity index is 408. The van der Waals surface area contributed by atoms with E-state index in [0.717, 1.165) is 12.1 Å². The molecule has 0 spiro atoms. The SMILES string of the molecule is CN(C(=O)C1C=CCC=C1)c1ccccc1. The molecule has 1 aromatic carbocycles. The fourth-order valence-electron chi connectivity index (χ4n) is 1.76. The van der Waals surface area contributed by atoms with E-state index in [1.165, 1.54) is 0 Å². The maximum atomic E-state index is 12.1. The number of para-hydroxylation sites is 1. The number of anilines is 1. The molecule has 16 heavy (non-hydrogen) atoms. The molecule has 0 N–H and O–H groups in total. The molecule has 0 bridgehead atoms. The van der Waals surface area contributed by atoms with E-state index in [-0.39, 0.29) is 11.8 Å². The number of nitrogens with zero attached hydrogens (tertiary/aromatic N) is 1. The van der Waals surface area contributed by atoms with Gasteiger partial charge in [-0.15, -0.1) is 0 Å². The van der Waals surface area contributed by atoms with Gasteiger partial charge in [0.25, 0.3) is 0 Å². The maximum Gasteiger partial charge on any atom is 0.237 e. The first-order chi connectivity index (χ1) is 7.79. The van der Waals surface area contributed by atoms with E-state index in [1.807, 2.05) is 61.7 Å². The lowest BCUT2D eigenvalue weighted by molar-refractivity contribution is -0.119. The normalized spacial score (nSPS) is 15.1. The molecule has 0 saturated heterocycles. The lowest BCUT2D eigenvalue weighted by Crippen LogP contribution is -2.31. The molecular weight excluding hydrogens is 198 g/mol. The van der Waals surface area contributed by atoms with Crippen LogP contribution in [0.25, 0.3) is 0 Å². The second-order valence-corrected chi connectivity index (χ2v) is 3.85. The molecule has 0 aliphatic heterocycles. The van der Waals surface area contributed by atoms with E-state index < -0.39 is 0 Å². The average Bonchev–Trinajstić information content (AvgIpc) is 2.39. The van der Waals surface area contributed by atoms with Crippen LogP contribution in [0.15, 0.2) is 54.6 Å². The highest BCUT2D eigenvalue weighted by Gasteiger charge is 2.18. The van der Waals surface area contributed by atoms with Gasteiger partial charge in [0.1, 0.15) is 0 Å². The smallest absolute Gasteiger partial charge is 0.237 e. The molecule has 0 heterocycles. The fraction of sp³-hybridized carbons (Fsp3) is 0.214. The second-order valence-electron chi connectivity index (χ2n) is 3.85. The summed E-state index contributed by atoms with van der Waals surface area (Å²) in [6, 6.07) is 9.70. The summed E-state index contributed by atoms with van der Waals surface area (Å²) in [6.07, 6.45) is 8.91. The molecule has 2 nitrogen and oxygen atoms in total. The number of hydrogen-bond acceptors (Lipinski definition) is 1. The van der Waals surface area contributed by atoms with Crippen LogP contribution in [0.2, 0.25) is 0 Å². The van der Waals surface area contributed by atoms with Crippen LogP contribution in [0.3, 0.4) is 0 Å². The van der Waals surface area contributed by atoms with E-state index in [0.29, 0.717) is 0 Å². The van der Waals surface area contributed by atoms with Crippen LogP contribution in [0.1, 0.15) is 6.42 Å². The number of benzene rings is 1. The Morgan fingerprint density at radius 2 is 1.81 bits per heavy atom. The number of carbonyl (C=O) groups is 1. The van der Waals surface area contributed by atoms with Crippen LogP contribution in [-0.2, 0) is 4.79 Å². The minimum absolute atomic E-state index is 0.110. The van der Waals surface area contributed by atoms with Crippen LogP contribution < -0.4 is 4.90 Å². The molecule has 2 heteroatoms. The monoisotopic (exact) mass is 213 g/mol. The third-order valence-corrected chi connectivity index (χ3v) is 2.72. The Hall–Kier alpha value is -1.83. The fourth-order valence-corrected chi connectivity index (χ4v) is 1.76. The van der Waals surface area contributed by atoms with Crippen LogP contribution in [0, 0.1) is 5.92 Å². The Labute approximate surface area is 95.9 Å². The van der Waals surface area contributed by atoms with Crippen LogP contribution >= 0.6 is 0 Å². The van der Waals surface area contributed by atoms with Crippen molar-refractivity contribution in [2.45, 2.75) is 6.42 Å². The molecule has 82 valence electrons. The summed E-state index contributed by atoms with van der Waals surface area (Å²) in [7, 11) is 1.81. The quantitative estimate of drug-likeness (QED) is 0.692. The van der Waals surface area contributed by atoms with Gasteiger partial charge in [0.15, 0.2) is 0 Å². The van der Waals surface area contributed by atoms with Crippen molar-refractivity contribution >= 4 is 11.6 Å². The Balaban J connectivity index is 2.13. The lowest BCUT2D eigenvalue weighted by Gasteiger charge is -2.21. The molecule has 1 amide bonds. The number of rotatable bonds is 2. The number of allylic oxidation sites excluding steroid dienone is 2. The summed E-state index contributed by atoms with van der Waals surface area (Å²) in [5, 5.41) is 0. The standard InChI is InChI=1S/C14H15NO/c1-15(13-10-6-3-7-11-13)14(16)12-8-4-2-5-9-12/h3-12H,2H2,1H3. The molecule has 0 atom stereocenters. The van der Waals surface area contributed by atoms with Crippen molar-refractivity contribution in [3.8, 4) is 0 Å². The second kappa shape index (κ2) is 4.79. The predicted octanol–water partition coefficient (Wildman–Crippen LogP) is 2.78. The highest BCUT2D eigenvalue weighted by atomic mass is 16.2. The van der Waals surface area contributed by atoms with Gasteiger partial charge in [-0.1, -0.05) is 42.5 Å². The topological polar surface area (TPSA) is 20.3 Å². The largest absolute Gasteiger partial charge is 0.315 e. The molecule has 1 aliphatic rings. The number of carbonyl (C=O) groups excluding carboxylic acids is 1. The summed E-state index contributed by atoms with van der Waals surface area (Å²) in [5.74, 6) is -0.00245. The number of amides is 1. The zero-order valence-corrected chi connectivity index (χ0v) is 9.34. The van der Waals surface area contributed by atoms with Crippen molar-refractivity contribution in [3.63, 3.8) is 0 Å². The van der Waals surface area contributed by atoms with Gasteiger partial charge in [-0.25, -0.2) is 0 Å². The summed E-state index contributed by atoms with van der Waals surface area (Å²) < 4.78 is 0.